The monoisotopic (exact) mass is 262 g/mol. The number of H-pyrrole nitrogens is 1. The van der Waals surface area contributed by atoms with Crippen LogP contribution < -0.4 is 10.6 Å². The molecule has 2 amide bonds. The van der Waals surface area contributed by atoms with Gasteiger partial charge in [0.05, 0.1) is 6.26 Å². The number of rotatable bonds is 5. The van der Waals surface area contributed by atoms with Gasteiger partial charge in [0.15, 0.2) is 5.76 Å². The third kappa shape index (κ3) is 3.21. The van der Waals surface area contributed by atoms with Gasteiger partial charge in [-0.2, -0.15) is 5.10 Å². The summed E-state index contributed by atoms with van der Waals surface area (Å²) in [7, 11) is 0. The van der Waals surface area contributed by atoms with Crippen molar-refractivity contribution in [2.75, 3.05) is 13.1 Å². The van der Waals surface area contributed by atoms with Gasteiger partial charge in [-0.05, 0) is 19.1 Å². The first-order chi connectivity index (χ1) is 9.18. The molecule has 7 heteroatoms. The van der Waals surface area contributed by atoms with E-state index in [2.05, 4.69) is 20.8 Å². The lowest BCUT2D eigenvalue weighted by Gasteiger charge is -2.05. The minimum Gasteiger partial charge on any atom is -0.459 e. The largest absolute Gasteiger partial charge is 0.459 e. The van der Waals surface area contributed by atoms with Crippen LogP contribution in [0.3, 0.4) is 0 Å². The number of amides is 2. The van der Waals surface area contributed by atoms with E-state index in [0.717, 1.165) is 5.56 Å². The van der Waals surface area contributed by atoms with Gasteiger partial charge in [0.2, 0.25) is 0 Å². The third-order valence-corrected chi connectivity index (χ3v) is 2.51. The number of nitrogens with one attached hydrogen (secondary N) is 3. The van der Waals surface area contributed by atoms with Crippen molar-refractivity contribution in [1.82, 2.24) is 20.8 Å². The maximum atomic E-state index is 11.7. The van der Waals surface area contributed by atoms with Gasteiger partial charge in [-0.1, -0.05) is 0 Å². The molecule has 0 saturated heterocycles. The molecule has 7 nitrogen and oxygen atoms in total. The Morgan fingerprint density at radius 1 is 1.26 bits per heavy atom. The summed E-state index contributed by atoms with van der Waals surface area (Å²) in [4.78, 5) is 23.2. The van der Waals surface area contributed by atoms with Crippen molar-refractivity contribution >= 4 is 11.8 Å². The lowest BCUT2D eigenvalue weighted by atomic mass is 10.3. The highest BCUT2D eigenvalue weighted by Gasteiger charge is 2.11. The van der Waals surface area contributed by atoms with Crippen molar-refractivity contribution < 1.29 is 14.0 Å². The Balaban J connectivity index is 1.71. The summed E-state index contributed by atoms with van der Waals surface area (Å²) in [5.74, 6) is -0.265. The van der Waals surface area contributed by atoms with Gasteiger partial charge < -0.3 is 15.1 Å². The average molecular weight is 262 g/mol. The summed E-state index contributed by atoms with van der Waals surface area (Å²) in [5.41, 5.74) is 1.16. The van der Waals surface area contributed by atoms with Crippen LogP contribution in [-0.2, 0) is 0 Å². The van der Waals surface area contributed by atoms with E-state index in [9.17, 15) is 9.59 Å². The topological polar surface area (TPSA) is 100 Å². The highest BCUT2D eigenvalue weighted by molar-refractivity contribution is 5.93. The number of aromatic nitrogens is 2. The van der Waals surface area contributed by atoms with Crippen LogP contribution in [-0.4, -0.2) is 35.1 Å². The minimum absolute atomic E-state index is 0.263. The predicted molar refractivity (Wildman–Crippen MR) is 66.7 cm³/mol. The number of nitrogens with zero attached hydrogens (tertiary/aromatic N) is 1. The normalized spacial score (nSPS) is 10.2. The Bertz CT molecular complexity index is 559. The van der Waals surface area contributed by atoms with Crippen LogP contribution in [0.4, 0.5) is 0 Å². The van der Waals surface area contributed by atoms with E-state index in [4.69, 9.17) is 4.42 Å². The maximum absolute atomic E-state index is 11.7. The SMILES string of the molecule is Cc1ccoc1C(=O)NCCNC(=O)c1ccn[nH]1. The van der Waals surface area contributed by atoms with Crippen LogP contribution in [0.5, 0.6) is 0 Å². The van der Waals surface area contributed by atoms with Gasteiger partial charge in [0.25, 0.3) is 11.8 Å². The Kier molecular flexibility index (Phi) is 3.97. The van der Waals surface area contributed by atoms with Crippen LogP contribution >= 0.6 is 0 Å². The molecule has 0 fully saturated rings. The highest BCUT2D eigenvalue weighted by Crippen LogP contribution is 2.07. The molecule has 19 heavy (non-hydrogen) atoms. The van der Waals surface area contributed by atoms with E-state index in [0.29, 0.717) is 24.5 Å². The summed E-state index contributed by atoms with van der Waals surface area (Å²) < 4.78 is 5.05. The van der Waals surface area contributed by atoms with E-state index >= 15 is 0 Å². The van der Waals surface area contributed by atoms with Crippen molar-refractivity contribution in [3.8, 4) is 0 Å². The molecule has 2 rings (SSSR count). The van der Waals surface area contributed by atoms with Crippen molar-refractivity contribution in [1.29, 1.82) is 0 Å². The summed E-state index contributed by atoms with van der Waals surface area (Å²) in [6.45, 7) is 2.43. The van der Waals surface area contributed by atoms with Gasteiger partial charge in [-0.15, -0.1) is 0 Å². The lowest BCUT2D eigenvalue weighted by molar-refractivity contribution is 0.0908. The summed E-state index contributed by atoms with van der Waals surface area (Å²) in [6.07, 6.45) is 2.96. The van der Waals surface area contributed by atoms with E-state index < -0.39 is 0 Å². The van der Waals surface area contributed by atoms with Gasteiger partial charge in [0, 0.05) is 24.8 Å². The molecule has 0 bridgehead atoms. The first kappa shape index (κ1) is 12.9. The molecule has 3 N–H and O–H groups in total. The molecule has 0 radical (unpaired) electrons. The van der Waals surface area contributed by atoms with Gasteiger partial charge in [0.1, 0.15) is 5.69 Å². The molecule has 0 spiro atoms. The maximum Gasteiger partial charge on any atom is 0.287 e. The number of carbonyl (C=O) groups excluding carboxylic acids is 2. The third-order valence-electron chi connectivity index (χ3n) is 2.51. The van der Waals surface area contributed by atoms with Crippen molar-refractivity contribution in [3.05, 3.63) is 41.6 Å². The van der Waals surface area contributed by atoms with E-state index in [1.807, 2.05) is 0 Å². The number of aromatic amines is 1. The minimum atomic E-state index is -0.293. The number of aryl methyl sites for hydroxylation is 1. The molecule has 0 aliphatic rings. The Morgan fingerprint density at radius 3 is 2.58 bits per heavy atom. The van der Waals surface area contributed by atoms with Crippen LogP contribution in [0.1, 0.15) is 26.6 Å². The van der Waals surface area contributed by atoms with Crippen LogP contribution in [0.2, 0.25) is 0 Å². The summed E-state index contributed by atoms with van der Waals surface area (Å²) in [6, 6.07) is 3.29. The van der Waals surface area contributed by atoms with Gasteiger partial charge >= 0.3 is 0 Å². The van der Waals surface area contributed by atoms with Gasteiger partial charge in [-0.25, -0.2) is 0 Å². The zero-order valence-electron chi connectivity index (χ0n) is 10.4. The van der Waals surface area contributed by atoms with Crippen molar-refractivity contribution in [2.45, 2.75) is 6.92 Å². The molecule has 0 aliphatic carbocycles. The zero-order chi connectivity index (χ0) is 13.7. The first-order valence-electron chi connectivity index (χ1n) is 5.78. The van der Waals surface area contributed by atoms with Crippen molar-refractivity contribution in [2.24, 2.45) is 0 Å². The Morgan fingerprint density at radius 2 is 2.00 bits per heavy atom. The molecule has 2 aromatic heterocycles. The lowest BCUT2D eigenvalue weighted by Crippen LogP contribution is -2.34. The van der Waals surface area contributed by atoms with Crippen LogP contribution in [0, 0.1) is 6.92 Å². The second-order valence-corrected chi connectivity index (χ2v) is 3.91. The first-order valence-corrected chi connectivity index (χ1v) is 5.78. The van der Waals surface area contributed by atoms with Gasteiger partial charge in [-0.3, -0.25) is 14.7 Å². The fourth-order valence-corrected chi connectivity index (χ4v) is 1.52. The average Bonchev–Trinajstić information content (AvgIpc) is 3.04. The van der Waals surface area contributed by atoms with E-state index in [1.165, 1.54) is 12.5 Å². The van der Waals surface area contributed by atoms with Crippen LogP contribution in [0.15, 0.2) is 29.0 Å². The fourth-order valence-electron chi connectivity index (χ4n) is 1.52. The standard InChI is InChI=1S/C12H14N4O3/c1-8-3-7-19-10(8)12(18)14-6-5-13-11(17)9-2-4-15-16-9/h2-4,7H,5-6H2,1H3,(H,13,17)(H,14,18)(H,15,16). The van der Waals surface area contributed by atoms with Crippen LogP contribution in [0.25, 0.3) is 0 Å². The number of hydrogen-bond donors (Lipinski definition) is 3. The molecule has 2 heterocycles. The molecule has 0 aromatic carbocycles. The van der Waals surface area contributed by atoms with E-state index in [-0.39, 0.29) is 11.8 Å². The summed E-state index contributed by atoms with van der Waals surface area (Å²) in [5, 5.41) is 11.5. The number of furan rings is 1. The molecule has 0 saturated carbocycles. The Labute approximate surface area is 109 Å². The molecule has 0 unspecified atom stereocenters. The zero-order valence-corrected chi connectivity index (χ0v) is 10.4. The number of hydrogen-bond acceptors (Lipinski definition) is 4. The smallest absolute Gasteiger partial charge is 0.287 e. The quantitative estimate of drug-likeness (QED) is 0.682. The number of carbonyl (C=O) groups is 2. The molecular weight excluding hydrogens is 248 g/mol. The molecular formula is C12H14N4O3. The molecule has 0 atom stereocenters. The fraction of sp³-hybridized carbons (Fsp3) is 0.250. The molecule has 2 aromatic rings. The highest BCUT2D eigenvalue weighted by atomic mass is 16.3. The second kappa shape index (κ2) is 5.85. The second-order valence-electron chi connectivity index (χ2n) is 3.91. The van der Waals surface area contributed by atoms with E-state index in [1.54, 1.807) is 19.1 Å². The Hall–Kier alpha value is -2.57. The van der Waals surface area contributed by atoms with Crippen molar-refractivity contribution in [3.63, 3.8) is 0 Å². The molecule has 100 valence electrons. The summed E-state index contributed by atoms with van der Waals surface area (Å²) >= 11 is 0. The molecule has 0 aliphatic heterocycles. The predicted octanol–water partition coefficient (Wildman–Crippen LogP) is 0.471.